The summed E-state index contributed by atoms with van der Waals surface area (Å²) in [6.45, 7) is 1.85. The van der Waals surface area contributed by atoms with Gasteiger partial charge in [0, 0.05) is 17.1 Å². The Labute approximate surface area is 105 Å². The fourth-order valence-corrected chi connectivity index (χ4v) is 1.84. The van der Waals surface area contributed by atoms with Crippen LogP contribution in [0.2, 0.25) is 0 Å². The summed E-state index contributed by atoms with van der Waals surface area (Å²) >= 11 is 0. The molecule has 5 nitrogen and oxygen atoms in total. The quantitative estimate of drug-likeness (QED) is 0.647. The molecule has 0 unspecified atom stereocenters. The number of aromatic nitrogens is 1. The van der Waals surface area contributed by atoms with Gasteiger partial charge in [-0.1, -0.05) is 0 Å². The normalized spacial score (nSPS) is 10.4. The lowest BCUT2D eigenvalue weighted by atomic mass is 10.0. The number of carbonyl (C=O) groups is 1. The summed E-state index contributed by atoms with van der Waals surface area (Å²) in [4.78, 5) is 15.9. The average molecular weight is 246 g/mol. The van der Waals surface area contributed by atoms with Crippen LogP contribution in [0.3, 0.4) is 0 Å². The van der Waals surface area contributed by atoms with Crippen LogP contribution >= 0.6 is 0 Å². The second-order valence-electron chi connectivity index (χ2n) is 3.87. The van der Waals surface area contributed by atoms with Gasteiger partial charge in [0.2, 0.25) is 5.88 Å². The van der Waals surface area contributed by atoms with Crippen molar-refractivity contribution in [1.29, 1.82) is 0 Å². The maximum absolute atomic E-state index is 11.6. The van der Waals surface area contributed by atoms with E-state index < -0.39 is 5.97 Å². The third-order valence-electron chi connectivity index (χ3n) is 2.89. The molecule has 0 radical (unpaired) electrons. The fraction of sp³-hybridized carbons (Fsp3) is 0.231. The van der Waals surface area contributed by atoms with Gasteiger partial charge in [-0.3, -0.25) is 0 Å². The molecule has 1 aromatic carbocycles. The molecule has 18 heavy (non-hydrogen) atoms. The number of hydrogen-bond acceptors (Lipinski definition) is 5. The van der Waals surface area contributed by atoms with Crippen LogP contribution in [-0.4, -0.2) is 25.2 Å². The van der Waals surface area contributed by atoms with Crippen LogP contribution < -0.4 is 10.5 Å². The van der Waals surface area contributed by atoms with E-state index in [0.717, 1.165) is 10.9 Å². The fourth-order valence-electron chi connectivity index (χ4n) is 1.84. The van der Waals surface area contributed by atoms with Crippen molar-refractivity contribution in [3.8, 4) is 5.88 Å². The van der Waals surface area contributed by atoms with E-state index in [1.165, 1.54) is 7.11 Å². The van der Waals surface area contributed by atoms with Crippen molar-refractivity contribution in [1.82, 2.24) is 4.98 Å². The summed E-state index contributed by atoms with van der Waals surface area (Å²) in [6, 6.07) is 5.24. The molecule has 2 rings (SSSR count). The number of nitrogen functional groups attached to an aromatic ring is 1. The Balaban J connectivity index is 2.75. The number of esters is 1. The number of carbonyl (C=O) groups excluding carboxylic acids is 1. The molecule has 1 aromatic heterocycles. The molecule has 94 valence electrons. The Morgan fingerprint density at radius 2 is 2.06 bits per heavy atom. The van der Waals surface area contributed by atoms with Crippen molar-refractivity contribution < 1.29 is 14.3 Å². The van der Waals surface area contributed by atoms with Crippen molar-refractivity contribution in [2.24, 2.45) is 0 Å². The van der Waals surface area contributed by atoms with Crippen LogP contribution in [-0.2, 0) is 4.74 Å². The number of nitrogens with two attached hydrogens (primary N) is 1. The van der Waals surface area contributed by atoms with Crippen molar-refractivity contribution in [2.75, 3.05) is 20.0 Å². The molecular formula is C13H14N2O3. The molecule has 0 aliphatic rings. The molecule has 1 heterocycles. The van der Waals surface area contributed by atoms with Crippen molar-refractivity contribution in [3.63, 3.8) is 0 Å². The van der Waals surface area contributed by atoms with Gasteiger partial charge in [0.05, 0.1) is 25.3 Å². The molecule has 0 aliphatic carbocycles. The van der Waals surface area contributed by atoms with E-state index in [4.69, 9.17) is 15.2 Å². The number of ether oxygens (including phenoxy) is 2. The number of benzene rings is 1. The highest BCUT2D eigenvalue weighted by molar-refractivity contribution is 6.02. The molecule has 0 amide bonds. The zero-order valence-corrected chi connectivity index (χ0v) is 10.5. The lowest BCUT2D eigenvalue weighted by molar-refractivity contribution is 0.0602. The van der Waals surface area contributed by atoms with Gasteiger partial charge in [0.15, 0.2) is 0 Å². The molecule has 0 bridgehead atoms. The summed E-state index contributed by atoms with van der Waals surface area (Å²) in [5.41, 5.74) is 8.14. The van der Waals surface area contributed by atoms with Crippen molar-refractivity contribution >= 4 is 22.6 Å². The molecule has 0 fully saturated rings. The van der Waals surface area contributed by atoms with Crippen LogP contribution in [0.15, 0.2) is 18.2 Å². The van der Waals surface area contributed by atoms with Crippen LogP contribution in [0, 0.1) is 6.92 Å². The SMILES string of the molecule is COC(=O)c1cc2nc(OC)ccc2c(C)c1N. The first-order chi connectivity index (χ1) is 8.58. The van der Waals surface area contributed by atoms with Crippen LogP contribution in [0.5, 0.6) is 5.88 Å². The average Bonchev–Trinajstić information content (AvgIpc) is 2.41. The monoisotopic (exact) mass is 246 g/mol. The van der Waals surface area contributed by atoms with Gasteiger partial charge >= 0.3 is 5.97 Å². The summed E-state index contributed by atoms with van der Waals surface area (Å²) < 4.78 is 9.76. The Kier molecular flexibility index (Phi) is 3.06. The Morgan fingerprint density at radius 1 is 1.33 bits per heavy atom. The lowest BCUT2D eigenvalue weighted by Crippen LogP contribution is -2.07. The second kappa shape index (κ2) is 4.52. The number of methoxy groups -OCH3 is 2. The van der Waals surface area contributed by atoms with Gasteiger partial charge in [-0.25, -0.2) is 9.78 Å². The van der Waals surface area contributed by atoms with Gasteiger partial charge < -0.3 is 15.2 Å². The first kappa shape index (κ1) is 12.2. The van der Waals surface area contributed by atoms with Gasteiger partial charge in [0.1, 0.15) is 0 Å². The first-order valence-corrected chi connectivity index (χ1v) is 5.40. The first-order valence-electron chi connectivity index (χ1n) is 5.40. The Hall–Kier alpha value is -2.30. The zero-order valence-electron chi connectivity index (χ0n) is 10.5. The number of rotatable bonds is 2. The van der Waals surface area contributed by atoms with Crippen molar-refractivity contribution in [3.05, 3.63) is 29.3 Å². The summed E-state index contributed by atoms with van der Waals surface area (Å²) in [7, 11) is 2.86. The minimum atomic E-state index is -0.470. The highest BCUT2D eigenvalue weighted by Crippen LogP contribution is 2.28. The van der Waals surface area contributed by atoms with E-state index in [9.17, 15) is 4.79 Å². The van der Waals surface area contributed by atoms with Gasteiger partial charge in [-0.15, -0.1) is 0 Å². The number of fused-ring (bicyclic) bond motifs is 1. The third-order valence-corrected chi connectivity index (χ3v) is 2.89. The minimum Gasteiger partial charge on any atom is -0.481 e. The smallest absolute Gasteiger partial charge is 0.340 e. The predicted molar refractivity (Wildman–Crippen MR) is 68.8 cm³/mol. The van der Waals surface area contributed by atoms with Crippen molar-refractivity contribution in [2.45, 2.75) is 6.92 Å². The molecule has 2 N–H and O–H groups in total. The van der Waals surface area contributed by atoms with Gasteiger partial charge in [0.25, 0.3) is 0 Å². The molecule has 0 spiro atoms. The lowest BCUT2D eigenvalue weighted by Gasteiger charge is -2.10. The van der Waals surface area contributed by atoms with E-state index in [-0.39, 0.29) is 0 Å². The largest absolute Gasteiger partial charge is 0.481 e. The van der Waals surface area contributed by atoms with Gasteiger partial charge in [-0.05, 0) is 24.6 Å². The predicted octanol–water partition coefficient (Wildman–Crippen LogP) is 1.92. The second-order valence-corrected chi connectivity index (χ2v) is 3.87. The topological polar surface area (TPSA) is 74.4 Å². The Bertz CT molecular complexity index is 623. The van der Waals surface area contributed by atoms with Crippen LogP contribution in [0.1, 0.15) is 15.9 Å². The molecule has 5 heteroatoms. The summed E-state index contributed by atoms with van der Waals surface area (Å²) in [6.07, 6.45) is 0. The van der Waals surface area contributed by atoms with Gasteiger partial charge in [-0.2, -0.15) is 0 Å². The summed E-state index contributed by atoms with van der Waals surface area (Å²) in [5.74, 6) is 0.0182. The van der Waals surface area contributed by atoms with Crippen LogP contribution in [0.4, 0.5) is 5.69 Å². The standard InChI is InChI=1S/C13H14N2O3/c1-7-8-4-5-11(17-2)15-10(8)6-9(12(7)14)13(16)18-3/h4-6H,14H2,1-3H3. The maximum Gasteiger partial charge on any atom is 0.340 e. The summed E-state index contributed by atoms with van der Waals surface area (Å²) in [5, 5.41) is 0.890. The van der Waals surface area contributed by atoms with E-state index in [1.54, 1.807) is 19.2 Å². The molecule has 0 aliphatic heterocycles. The zero-order chi connectivity index (χ0) is 13.3. The minimum absolute atomic E-state index is 0.322. The number of aryl methyl sites for hydroxylation is 1. The van der Waals surface area contributed by atoms with E-state index in [2.05, 4.69) is 4.98 Å². The molecule has 2 aromatic rings. The molecule has 0 saturated heterocycles. The van der Waals surface area contributed by atoms with Crippen LogP contribution in [0.25, 0.3) is 10.9 Å². The Morgan fingerprint density at radius 3 is 2.67 bits per heavy atom. The highest BCUT2D eigenvalue weighted by Gasteiger charge is 2.15. The molecule has 0 saturated carbocycles. The third kappa shape index (κ3) is 1.84. The number of anilines is 1. The molecule has 0 atom stereocenters. The van der Waals surface area contributed by atoms with E-state index in [1.807, 2.05) is 13.0 Å². The number of pyridine rings is 1. The number of nitrogens with zero attached hydrogens (tertiary/aromatic N) is 1. The molecular weight excluding hydrogens is 232 g/mol. The van der Waals surface area contributed by atoms with E-state index in [0.29, 0.717) is 22.6 Å². The van der Waals surface area contributed by atoms with E-state index >= 15 is 0 Å². The highest BCUT2D eigenvalue weighted by atomic mass is 16.5. The number of hydrogen-bond donors (Lipinski definition) is 1. The maximum atomic E-state index is 11.6.